The van der Waals surface area contributed by atoms with Gasteiger partial charge in [-0.15, -0.1) is 0 Å². The molecular weight excluding hydrogens is 144 g/mol. The number of carboxylic acids is 2. The van der Waals surface area contributed by atoms with Crippen molar-refractivity contribution in [1.29, 1.82) is 0 Å². The van der Waals surface area contributed by atoms with Gasteiger partial charge in [-0.25, -0.2) is 9.59 Å². The molecule has 0 fully saturated rings. The van der Waals surface area contributed by atoms with Gasteiger partial charge in [-0.05, 0) is 0 Å². The molecule has 0 aromatic heterocycles. The Kier molecular flexibility index (Phi) is 2.51. The summed E-state index contributed by atoms with van der Waals surface area (Å²) in [5, 5.41) is 23.9. The molecule has 0 radical (unpaired) electrons. The van der Waals surface area contributed by atoms with Gasteiger partial charge < -0.3 is 15.3 Å². The van der Waals surface area contributed by atoms with E-state index in [1.165, 1.54) is 0 Å². The van der Waals surface area contributed by atoms with Crippen LogP contribution < -0.4 is 0 Å². The Balaban J connectivity index is 4.22. The predicted molar refractivity (Wildman–Crippen MR) is 26.3 cm³/mol. The Bertz CT molecular complexity index is 182. The lowest BCUT2D eigenvalue weighted by Crippen LogP contribution is -2.34. The standard InChI is InChI=1S/C4H4O6/c5-1(3(7)8)2(6)4(9)10/h1,5H,(H,7,8)(H,9,10)/t1-/m1/s1. The summed E-state index contributed by atoms with van der Waals surface area (Å²) in [6, 6.07) is 0. The highest BCUT2D eigenvalue weighted by molar-refractivity contribution is 6.38. The Morgan fingerprint density at radius 3 is 1.60 bits per heavy atom. The molecule has 0 spiro atoms. The Hall–Kier alpha value is -1.43. The van der Waals surface area contributed by atoms with Gasteiger partial charge in [0.2, 0.25) is 6.10 Å². The molecule has 6 nitrogen and oxygen atoms in total. The normalized spacial score (nSPS) is 12.1. The van der Waals surface area contributed by atoms with E-state index < -0.39 is 23.8 Å². The monoisotopic (exact) mass is 148 g/mol. The maximum atomic E-state index is 10.1. The lowest BCUT2D eigenvalue weighted by molar-refractivity contribution is -0.161. The number of hydrogen-bond acceptors (Lipinski definition) is 4. The molecule has 0 aliphatic heterocycles. The van der Waals surface area contributed by atoms with Gasteiger partial charge in [-0.1, -0.05) is 0 Å². The number of carbonyl (C=O) groups excluding carboxylic acids is 1. The van der Waals surface area contributed by atoms with Gasteiger partial charge in [-0.3, -0.25) is 4.79 Å². The lowest BCUT2D eigenvalue weighted by atomic mass is 10.2. The van der Waals surface area contributed by atoms with E-state index >= 15 is 0 Å². The summed E-state index contributed by atoms with van der Waals surface area (Å²) in [5.41, 5.74) is 0. The van der Waals surface area contributed by atoms with Crippen LogP contribution in [0.2, 0.25) is 0 Å². The molecule has 3 N–H and O–H groups in total. The number of carboxylic acid groups (broad SMARTS) is 2. The minimum atomic E-state index is -2.46. The van der Waals surface area contributed by atoms with Crippen LogP contribution in [0.15, 0.2) is 0 Å². The molecule has 0 aliphatic rings. The molecule has 0 saturated carbocycles. The van der Waals surface area contributed by atoms with Crippen molar-refractivity contribution < 1.29 is 29.7 Å². The van der Waals surface area contributed by atoms with E-state index in [9.17, 15) is 14.4 Å². The van der Waals surface area contributed by atoms with Crippen molar-refractivity contribution in [1.82, 2.24) is 0 Å². The van der Waals surface area contributed by atoms with Gasteiger partial charge in [0.05, 0.1) is 0 Å². The van der Waals surface area contributed by atoms with E-state index in [1.807, 2.05) is 0 Å². The molecule has 0 bridgehead atoms. The van der Waals surface area contributed by atoms with Crippen molar-refractivity contribution in [2.24, 2.45) is 0 Å². The van der Waals surface area contributed by atoms with Crippen LogP contribution in [0.3, 0.4) is 0 Å². The minimum absolute atomic E-state index is 1.74. The second-order valence-electron chi connectivity index (χ2n) is 1.41. The average Bonchev–Trinajstić information content (AvgIpc) is 1.84. The van der Waals surface area contributed by atoms with Crippen molar-refractivity contribution in [2.75, 3.05) is 0 Å². The van der Waals surface area contributed by atoms with Crippen LogP contribution in [-0.2, 0) is 14.4 Å². The van der Waals surface area contributed by atoms with Crippen LogP contribution in [0.25, 0.3) is 0 Å². The first kappa shape index (κ1) is 8.57. The third-order valence-electron chi connectivity index (χ3n) is 0.693. The lowest BCUT2D eigenvalue weighted by Gasteiger charge is -1.97. The van der Waals surface area contributed by atoms with Crippen LogP contribution in [0.5, 0.6) is 0 Å². The number of Topliss-reactive ketones (excluding diaryl/α,β-unsaturated/α-hetero) is 1. The number of hydrogen-bond donors (Lipinski definition) is 3. The smallest absolute Gasteiger partial charge is 0.375 e. The highest BCUT2D eigenvalue weighted by Crippen LogP contribution is 1.85. The fraction of sp³-hybridized carbons (Fsp3) is 0.250. The average molecular weight is 148 g/mol. The Morgan fingerprint density at radius 1 is 1.10 bits per heavy atom. The number of ketones is 1. The zero-order chi connectivity index (χ0) is 8.31. The summed E-state index contributed by atoms with van der Waals surface area (Å²) in [4.78, 5) is 29.4. The molecular formula is C4H4O6. The number of aliphatic carboxylic acids is 2. The summed E-state index contributed by atoms with van der Waals surface area (Å²) < 4.78 is 0. The van der Waals surface area contributed by atoms with E-state index in [-0.39, 0.29) is 0 Å². The molecule has 0 aliphatic carbocycles. The van der Waals surface area contributed by atoms with E-state index in [1.54, 1.807) is 0 Å². The van der Waals surface area contributed by atoms with Gasteiger partial charge in [0.25, 0.3) is 5.78 Å². The third-order valence-corrected chi connectivity index (χ3v) is 0.693. The van der Waals surface area contributed by atoms with E-state index in [4.69, 9.17) is 15.3 Å². The molecule has 56 valence electrons. The molecule has 0 saturated heterocycles. The summed E-state index contributed by atoms with van der Waals surface area (Å²) >= 11 is 0. The molecule has 0 aromatic carbocycles. The molecule has 0 unspecified atom stereocenters. The van der Waals surface area contributed by atoms with Crippen molar-refractivity contribution in [3.05, 3.63) is 0 Å². The van der Waals surface area contributed by atoms with Crippen molar-refractivity contribution in [2.45, 2.75) is 6.10 Å². The molecule has 0 amide bonds. The quantitative estimate of drug-likeness (QED) is 0.318. The molecule has 10 heavy (non-hydrogen) atoms. The first-order valence-corrected chi connectivity index (χ1v) is 2.15. The van der Waals surface area contributed by atoms with Crippen molar-refractivity contribution >= 4 is 17.7 Å². The fourth-order valence-corrected chi connectivity index (χ4v) is 0.229. The first-order chi connectivity index (χ1) is 4.46. The number of carbonyl (C=O) groups is 3. The van der Waals surface area contributed by atoms with Crippen molar-refractivity contribution in [3.63, 3.8) is 0 Å². The first-order valence-electron chi connectivity index (χ1n) is 2.15. The van der Waals surface area contributed by atoms with Crippen LogP contribution in [0.4, 0.5) is 0 Å². The fourth-order valence-electron chi connectivity index (χ4n) is 0.229. The number of aliphatic hydroxyl groups excluding tert-OH is 1. The van der Waals surface area contributed by atoms with Crippen molar-refractivity contribution in [3.8, 4) is 0 Å². The topological polar surface area (TPSA) is 112 Å². The summed E-state index contributed by atoms with van der Waals surface area (Å²) in [5.74, 6) is -5.57. The van der Waals surface area contributed by atoms with Gasteiger partial charge in [0.15, 0.2) is 0 Å². The van der Waals surface area contributed by atoms with Gasteiger partial charge in [0, 0.05) is 0 Å². The van der Waals surface area contributed by atoms with Crippen LogP contribution in [-0.4, -0.2) is 39.1 Å². The van der Waals surface area contributed by atoms with E-state index in [0.29, 0.717) is 0 Å². The van der Waals surface area contributed by atoms with Gasteiger partial charge in [-0.2, -0.15) is 0 Å². The van der Waals surface area contributed by atoms with Gasteiger partial charge in [0.1, 0.15) is 0 Å². The van der Waals surface area contributed by atoms with Crippen LogP contribution in [0, 0.1) is 0 Å². The highest BCUT2D eigenvalue weighted by Gasteiger charge is 2.28. The molecule has 0 heterocycles. The zero-order valence-corrected chi connectivity index (χ0v) is 4.64. The van der Waals surface area contributed by atoms with E-state index in [2.05, 4.69) is 0 Å². The Morgan fingerprint density at radius 2 is 1.50 bits per heavy atom. The number of rotatable bonds is 3. The SMILES string of the molecule is O=C(O)C(=O)[C@@H](O)C(=O)O. The molecule has 0 rings (SSSR count). The van der Waals surface area contributed by atoms with Gasteiger partial charge >= 0.3 is 11.9 Å². The largest absolute Gasteiger partial charge is 0.479 e. The maximum Gasteiger partial charge on any atom is 0.375 e. The second-order valence-corrected chi connectivity index (χ2v) is 1.41. The predicted octanol–water partition coefficient (Wildman–Crippen LogP) is -1.91. The third kappa shape index (κ3) is 1.82. The van der Waals surface area contributed by atoms with Crippen LogP contribution >= 0.6 is 0 Å². The second kappa shape index (κ2) is 2.92. The maximum absolute atomic E-state index is 10.1. The Labute approximate surface area is 54.7 Å². The molecule has 6 heteroatoms. The summed E-state index contributed by atoms with van der Waals surface area (Å²) in [6.45, 7) is 0. The molecule has 1 atom stereocenters. The highest BCUT2D eigenvalue weighted by atomic mass is 16.4. The van der Waals surface area contributed by atoms with Crippen LogP contribution in [0.1, 0.15) is 0 Å². The molecule has 0 aromatic rings. The summed E-state index contributed by atoms with van der Waals surface area (Å²) in [7, 11) is 0. The van der Waals surface area contributed by atoms with E-state index in [0.717, 1.165) is 0 Å². The zero-order valence-electron chi connectivity index (χ0n) is 4.64. The number of aliphatic hydroxyl groups is 1. The summed E-state index contributed by atoms with van der Waals surface area (Å²) in [6.07, 6.45) is -2.46. The minimum Gasteiger partial charge on any atom is -0.479 e.